The van der Waals surface area contributed by atoms with Crippen molar-refractivity contribution in [2.75, 3.05) is 44.9 Å². The minimum Gasteiger partial charge on any atom is -0.497 e. The van der Waals surface area contributed by atoms with Crippen molar-refractivity contribution in [1.29, 1.82) is 0 Å². The van der Waals surface area contributed by atoms with Crippen molar-refractivity contribution < 1.29 is 23.8 Å². The molecule has 2 amide bonds. The van der Waals surface area contributed by atoms with E-state index < -0.39 is 5.79 Å². The van der Waals surface area contributed by atoms with E-state index in [9.17, 15) is 9.59 Å². The maximum Gasteiger partial charge on any atom is 0.228 e. The van der Waals surface area contributed by atoms with Gasteiger partial charge in [-0.05, 0) is 24.3 Å². The second-order valence-corrected chi connectivity index (χ2v) is 7.04. The molecule has 0 radical (unpaired) electrons. The predicted molar refractivity (Wildman–Crippen MR) is 93.9 cm³/mol. The molecule has 3 aliphatic heterocycles. The Morgan fingerprint density at radius 2 is 1.81 bits per heavy atom. The zero-order valence-electron chi connectivity index (χ0n) is 15.0. The summed E-state index contributed by atoms with van der Waals surface area (Å²) in [5.41, 5.74) is 0.802. The smallest absolute Gasteiger partial charge is 0.228 e. The van der Waals surface area contributed by atoms with E-state index in [1.165, 1.54) is 0 Å². The van der Waals surface area contributed by atoms with E-state index in [1.807, 2.05) is 29.2 Å². The highest BCUT2D eigenvalue weighted by molar-refractivity contribution is 6.00. The Morgan fingerprint density at radius 3 is 2.42 bits per heavy atom. The molecule has 0 aliphatic carbocycles. The van der Waals surface area contributed by atoms with Crippen molar-refractivity contribution >= 4 is 17.5 Å². The minimum absolute atomic E-state index is 0.00976. The first kappa shape index (κ1) is 17.3. The molecule has 3 aliphatic rings. The zero-order valence-corrected chi connectivity index (χ0v) is 15.0. The average molecular weight is 360 g/mol. The Labute approximate surface area is 152 Å². The first-order valence-electron chi connectivity index (χ1n) is 9.11. The van der Waals surface area contributed by atoms with E-state index in [4.69, 9.17) is 14.2 Å². The van der Waals surface area contributed by atoms with Crippen molar-refractivity contribution in [3.8, 4) is 5.75 Å². The van der Waals surface area contributed by atoms with Crippen molar-refractivity contribution in [2.24, 2.45) is 5.92 Å². The number of benzene rings is 1. The summed E-state index contributed by atoms with van der Waals surface area (Å²) < 4.78 is 16.6. The first-order chi connectivity index (χ1) is 12.6. The second-order valence-electron chi connectivity index (χ2n) is 7.04. The number of hydrogen-bond donors (Lipinski definition) is 0. The molecule has 0 aromatic heterocycles. The summed E-state index contributed by atoms with van der Waals surface area (Å²) in [4.78, 5) is 28.8. The Balaban J connectivity index is 1.38. The van der Waals surface area contributed by atoms with Gasteiger partial charge in [-0.25, -0.2) is 0 Å². The van der Waals surface area contributed by atoms with E-state index >= 15 is 0 Å². The van der Waals surface area contributed by atoms with Gasteiger partial charge in [0.25, 0.3) is 0 Å². The SMILES string of the molecule is COc1ccc(N2C[C@@H](C(=O)N3CCC4(CC3)OCCO4)CC2=O)cc1. The molecule has 1 atom stereocenters. The monoisotopic (exact) mass is 360 g/mol. The molecule has 0 unspecified atom stereocenters. The van der Waals surface area contributed by atoms with Crippen LogP contribution in [0.15, 0.2) is 24.3 Å². The molecular formula is C19H24N2O5. The normalized spacial score (nSPS) is 25.1. The van der Waals surface area contributed by atoms with Gasteiger partial charge < -0.3 is 24.0 Å². The number of anilines is 1. The summed E-state index contributed by atoms with van der Waals surface area (Å²) in [6.45, 7) is 2.92. The predicted octanol–water partition coefficient (Wildman–Crippen LogP) is 1.41. The third kappa shape index (κ3) is 3.17. The van der Waals surface area contributed by atoms with Crippen molar-refractivity contribution in [1.82, 2.24) is 4.90 Å². The van der Waals surface area contributed by atoms with Gasteiger partial charge in [-0.15, -0.1) is 0 Å². The van der Waals surface area contributed by atoms with Crippen LogP contribution in [-0.2, 0) is 19.1 Å². The van der Waals surface area contributed by atoms with Crippen LogP contribution in [0, 0.1) is 5.92 Å². The van der Waals surface area contributed by atoms with E-state index in [0.29, 0.717) is 45.7 Å². The maximum absolute atomic E-state index is 12.9. The summed E-state index contributed by atoms with van der Waals surface area (Å²) in [5, 5.41) is 0. The minimum atomic E-state index is -0.489. The number of carbonyl (C=O) groups is 2. The molecule has 7 heteroatoms. The lowest BCUT2D eigenvalue weighted by Crippen LogP contribution is -2.49. The Morgan fingerprint density at radius 1 is 1.15 bits per heavy atom. The van der Waals surface area contributed by atoms with Crippen molar-refractivity contribution in [3.05, 3.63) is 24.3 Å². The molecule has 1 aromatic rings. The summed E-state index contributed by atoms with van der Waals surface area (Å²) in [7, 11) is 1.61. The summed E-state index contributed by atoms with van der Waals surface area (Å²) >= 11 is 0. The molecule has 1 aromatic carbocycles. The van der Waals surface area contributed by atoms with E-state index in [2.05, 4.69) is 0 Å². The Bertz CT molecular complexity index is 674. The number of amides is 2. The molecule has 0 saturated carbocycles. The highest BCUT2D eigenvalue weighted by Crippen LogP contribution is 2.33. The number of rotatable bonds is 3. The Hall–Kier alpha value is -2.12. The molecule has 3 saturated heterocycles. The Kier molecular flexibility index (Phi) is 4.58. The highest BCUT2D eigenvalue weighted by atomic mass is 16.7. The number of piperidine rings is 1. The van der Waals surface area contributed by atoms with Crippen LogP contribution < -0.4 is 9.64 Å². The van der Waals surface area contributed by atoms with Crippen LogP contribution in [0.3, 0.4) is 0 Å². The van der Waals surface area contributed by atoms with Gasteiger partial charge in [0.15, 0.2) is 5.79 Å². The number of likely N-dealkylation sites (tertiary alicyclic amines) is 1. The first-order valence-corrected chi connectivity index (χ1v) is 9.11. The highest BCUT2D eigenvalue weighted by Gasteiger charge is 2.43. The molecule has 3 heterocycles. The molecule has 26 heavy (non-hydrogen) atoms. The molecule has 1 spiro atoms. The molecule has 7 nitrogen and oxygen atoms in total. The van der Waals surface area contributed by atoms with E-state index in [0.717, 1.165) is 11.4 Å². The standard InChI is InChI=1S/C19H24N2O5/c1-24-16-4-2-15(3-5-16)21-13-14(12-17(21)22)18(23)20-8-6-19(7-9-20)25-10-11-26-19/h2-5,14H,6-13H2,1H3/t14-/m0/s1. The summed E-state index contributed by atoms with van der Waals surface area (Å²) in [5.74, 6) is 0.0135. The van der Waals surface area contributed by atoms with Gasteiger partial charge in [-0.2, -0.15) is 0 Å². The topological polar surface area (TPSA) is 68.3 Å². The van der Waals surface area contributed by atoms with Crippen molar-refractivity contribution in [2.45, 2.75) is 25.0 Å². The van der Waals surface area contributed by atoms with Crippen molar-refractivity contribution in [3.63, 3.8) is 0 Å². The number of hydrogen-bond acceptors (Lipinski definition) is 5. The fourth-order valence-corrected chi connectivity index (χ4v) is 4.00. The number of carbonyl (C=O) groups excluding carboxylic acids is 2. The van der Waals surface area contributed by atoms with Gasteiger partial charge in [0.1, 0.15) is 5.75 Å². The second kappa shape index (κ2) is 6.89. The lowest BCUT2D eigenvalue weighted by Gasteiger charge is -2.38. The van der Waals surface area contributed by atoms with Gasteiger partial charge >= 0.3 is 0 Å². The van der Waals surface area contributed by atoms with Crippen LogP contribution in [-0.4, -0.2) is 62.5 Å². The third-order valence-electron chi connectivity index (χ3n) is 5.51. The zero-order chi connectivity index (χ0) is 18.1. The molecule has 4 rings (SSSR count). The van der Waals surface area contributed by atoms with E-state index in [1.54, 1.807) is 12.0 Å². The van der Waals surface area contributed by atoms with Crippen LogP contribution in [0.2, 0.25) is 0 Å². The molecular weight excluding hydrogens is 336 g/mol. The lowest BCUT2D eigenvalue weighted by atomic mass is 10.0. The van der Waals surface area contributed by atoms with Crippen LogP contribution >= 0.6 is 0 Å². The molecule has 0 bridgehead atoms. The van der Waals surface area contributed by atoms with E-state index in [-0.39, 0.29) is 24.2 Å². The largest absolute Gasteiger partial charge is 0.497 e. The lowest BCUT2D eigenvalue weighted by molar-refractivity contribution is -0.188. The number of methoxy groups -OCH3 is 1. The van der Waals surface area contributed by atoms with Crippen LogP contribution in [0.25, 0.3) is 0 Å². The number of ether oxygens (including phenoxy) is 3. The van der Waals surface area contributed by atoms with Gasteiger partial charge in [0, 0.05) is 44.6 Å². The molecule has 140 valence electrons. The van der Waals surface area contributed by atoms with Crippen LogP contribution in [0.1, 0.15) is 19.3 Å². The van der Waals surface area contributed by atoms with Gasteiger partial charge in [-0.3, -0.25) is 9.59 Å². The average Bonchev–Trinajstić information content (AvgIpc) is 3.29. The van der Waals surface area contributed by atoms with Gasteiger partial charge in [-0.1, -0.05) is 0 Å². The summed E-state index contributed by atoms with van der Waals surface area (Å²) in [6, 6.07) is 7.35. The fourth-order valence-electron chi connectivity index (χ4n) is 4.00. The number of nitrogens with zero attached hydrogens (tertiary/aromatic N) is 2. The fraction of sp³-hybridized carbons (Fsp3) is 0.579. The maximum atomic E-state index is 12.9. The van der Waals surface area contributed by atoms with Crippen LogP contribution in [0.4, 0.5) is 5.69 Å². The van der Waals surface area contributed by atoms with Gasteiger partial charge in [0.2, 0.25) is 11.8 Å². The summed E-state index contributed by atoms with van der Waals surface area (Å²) in [6.07, 6.45) is 1.66. The quantitative estimate of drug-likeness (QED) is 0.815. The van der Waals surface area contributed by atoms with Crippen LogP contribution in [0.5, 0.6) is 5.75 Å². The molecule has 0 N–H and O–H groups in total. The van der Waals surface area contributed by atoms with Gasteiger partial charge in [0.05, 0.1) is 26.2 Å². The molecule has 3 fully saturated rings. The third-order valence-corrected chi connectivity index (χ3v) is 5.51.